The van der Waals surface area contributed by atoms with Gasteiger partial charge < -0.3 is 10.2 Å². The van der Waals surface area contributed by atoms with Gasteiger partial charge in [-0.2, -0.15) is 10.4 Å². The van der Waals surface area contributed by atoms with Crippen LogP contribution in [0.25, 0.3) is 10.9 Å². The SMILES string of the molecule is N#CC1(NC(=O)[C@@H]2C[C@@H](S(=O)(=O)c3ccccc3Cl)CN2C(=O)c2n[nH]c3cc(Cl)ccc23)CC1. The van der Waals surface area contributed by atoms with Crippen LogP contribution in [0.4, 0.5) is 0 Å². The summed E-state index contributed by atoms with van der Waals surface area (Å²) < 4.78 is 26.9. The normalized spacial score (nSPS) is 21.0. The highest BCUT2D eigenvalue weighted by Crippen LogP contribution is 2.37. The van der Waals surface area contributed by atoms with E-state index in [9.17, 15) is 23.3 Å². The van der Waals surface area contributed by atoms with Gasteiger partial charge in [0.25, 0.3) is 5.91 Å². The van der Waals surface area contributed by atoms with Crippen molar-refractivity contribution in [3.63, 3.8) is 0 Å². The average molecular weight is 532 g/mol. The van der Waals surface area contributed by atoms with Gasteiger partial charge in [0.1, 0.15) is 11.6 Å². The van der Waals surface area contributed by atoms with Crippen molar-refractivity contribution in [2.24, 2.45) is 0 Å². The van der Waals surface area contributed by atoms with Gasteiger partial charge in [-0.25, -0.2) is 8.42 Å². The molecule has 1 aromatic heterocycles. The molecule has 2 fully saturated rings. The Kier molecular flexibility index (Phi) is 5.74. The van der Waals surface area contributed by atoms with Gasteiger partial charge >= 0.3 is 0 Å². The zero-order valence-electron chi connectivity index (χ0n) is 18.2. The highest BCUT2D eigenvalue weighted by molar-refractivity contribution is 7.92. The number of halogens is 2. The van der Waals surface area contributed by atoms with E-state index in [0.29, 0.717) is 28.8 Å². The van der Waals surface area contributed by atoms with Crippen LogP contribution in [0.5, 0.6) is 0 Å². The molecule has 12 heteroatoms. The van der Waals surface area contributed by atoms with Gasteiger partial charge in [-0.05, 0) is 49.6 Å². The first kappa shape index (κ1) is 23.6. The molecule has 0 bridgehead atoms. The molecule has 2 amide bonds. The highest BCUT2D eigenvalue weighted by atomic mass is 35.5. The molecule has 2 aromatic carbocycles. The predicted molar refractivity (Wildman–Crippen MR) is 129 cm³/mol. The van der Waals surface area contributed by atoms with Crippen LogP contribution in [0, 0.1) is 11.3 Å². The molecule has 1 saturated carbocycles. The second-order valence-electron chi connectivity index (χ2n) is 8.75. The number of nitriles is 1. The van der Waals surface area contributed by atoms with E-state index in [2.05, 4.69) is 21.6 Å². The fraction of sp³-hybridized carbons (Fsp3) is 0.304. The molecule has 5 rings (SSSR count). The van der Waals surface area contributed by atoms with Crippen molar-refractivity contribution in [2.75, 3.05) is 6.54 Å². The Hall–Kier alpha value is -3.13. The van der Waals surface area contributed by atoms with Crippen LogP contribution in [0.2, 0.25) is 10.0 Å². The molecule has 2 N–H and O–H groups in total. The Morgan fingerprint density at radius 3 is 2.63 bits per heavy atom. The van der Waals surface area contributed by atoms with Crippen molar-refractivity contribution < 1.29 is 18.0 Å². The Morgan fingerprint density at radius 2 is 1.94 bits per heavy atom. The summed E-state index contributed by atoms with van der Waals surface area (Å²) in [6, 6.07) is 11.9. The number of hydrogen-bond donors (Lipinski definition) is 2. The van der Waals surface area contributed by atoms with E-state index in [1.807, 2.05) is 0 Å². The van der Waals surface area contributed by atoms with Crippen LogP contribution in [-0.2, 0) is 14.6 Å². The minimum absolute atomic E-state index is 0.0478. The maximum Gasteiger partial charge on any atom is 0.275 e. The van der Waals surface area contributed by atoms with Crippen LogP contribution in [-0.4, -0.2) is 58.7 Å². The summed E-state index contributed by atoms with van der Waals surface area (Å²) in [6.45, 7) is -0.230. The number of nitrogens with zero attached hydrogens (tertiary/aromatic N) is 3. The molecule has 180 valence electrons. The molecule has 2 heterocycles. The van der Waals surface area contributed by atoms with Crippen molar-refractivity contribution in [3.8, 4) is 6.07 Å². The van der Waals surface area contributed by atoms with Crippen LogP contribution >= 0.6 is 23.2 Å². The third kappa shape index (κ3) is 4.14. The Morgan fingerprint density at radius 1 is 1.20 bits per heavy atom. The smallest absolute Gasteiger partial charge is 0.275 e. The largest absolute Gasteiger partial charge is 0.336 e. The molecular formula is C23H19Cl2N5O4S. The van der Waals surface area contributed by atoms with Crippen LogP contribution in [0.3, 0.4) is 0 Å². The molecule has 0 radical (unpaired) electrons. The zero-order chi connectivity index (χ0) is 25.0. The van der Waals surface area contributed by atoms with Gasteiger partial charge in [-0.3, -0.25) is 14.7 Å². The van der Waals surface area contributed by atoms with Crippen LogP contribution in [0.15, 0.2) is 47.4 Å². The second kappa shape index (κ2) is 8.52. The number of carbonyl (C=O) groups excluding carboxylic acids is 2. The number of sulfone groups is 1. The number of amides is 2. The van der Waals surface area contributed by atoms with Crippen LogP contribution in [0.1, 0.15) is 29.8 Å². The Bertz CT molecular complexity index is 1510. The number of H-pyrrole nitrogens is 1. The van der Waals surface area contributed by atoms with Gasteiger partial charge in [0.2, 0.25) is 5.91 Å². The monoisotopic (exact) mass is 531 g/mol. The van der Waals surface area contributed by atoms with Crippen molar-refractivity contribution in [1.29, 1.82) is 5.26 Å². The summed E-state index contributed by atoms with van der Waals surface area (Å²) in [5.41, 5.74) is -0.393. The number of aromatic nitrogens is 2. The fourth-order valence-corrected chi connectivity index (χ4v) is 6.74. The van der Waals surface area contributed by atoms with Gasteiger partial charge in [-0.15, -0.1) is 0 Å². The van der Waals surface area contributed by atoms with E-state index in [1.54, 1.807) is 30.3 Å². The fourth-order valence-electron chi connectivity index (χ4n) is 4.35. The van der Waals surface area contributed by atoms with E-state index >= 15 is 0 Å². The van der Waals surface area contributed by atoms with E-state index in [1.165, 1.54) is 17.0 Å². The molecule has 1 aliphatic carbocycles. The number of hydrogen-bond acceptors (Lipinski definition) is 6. The molecule has 1 aliphatic heterocycles. The van der Waals surface area contributed by atoms with E-state index in [4.69, 9.17) is 23.2 Å². The number of carbonyl (C=O) groups is 2. The van der Waals surface area contributed by atoms with Crippen molar-refractivity contribution in [3.05, 3.63) is 58.2 Å². The predicted octanol–water partition coefficient (Wildman–Crippen LogP) is 3.10. The van der Waals surface area contributed by atoms with Crippen molar-refractivity contribution in [1.82, 2.24) is 20.4 Å². The summed E-state index contributed by atoms with van der Waals surface area (Å²) in [5, 5.41) is 18.9. The number of likely N-dealkylation sites (tertiary alicyclic amines) is 1. The molecule has 0 unspecified atom stereocenters. The first-order chi connectivity index (χ1) is 16.6. The lowest BCUT2D eigenvalue weighted by Gasteiger charge is -2.24. The van der Waals surface area contributed by atoms with E-state index in [-0.39, 0.29) is 28.6 Å². The highest BCUT2D eigenvalue weighted by Gasteiger charge is 2.50. The first-order valence-corrected chi connectivity index (χ1v) is 13.1. The summed E-state index contributed by atoms with van der Waals surface area (Å²) >= 11 is 12.2. The number of rotatable bonds is 5. The molecule has 35 heavy (non-hydrogen) atoms. The summed E-state index contributed by atoms with van der Waals surface area (Å²) in [5.74, 6) is -1.17. The summed E-state index contributed by atoms with van der Waals surface area (Å²) in [7, 11) is -3.97. The minimum Gasteiger partial charge on any atom is -0.336 e. The molecular weight excluding hydrogens is 513 g/mol. The first-order valence-electron chi connectivity index (χ1n) is 10.8. The lowest BCUT2D eigenvalue weighted by atomic mass is 10.1. The quantitative estimate of drug-likeness (QED) is 0.519. The van der Waals surface area contributed by atoms with E-state index in [0.717, 1.165) is 0 Å². The summed E-state index contributed by atoms with van der Waals surface area (Å²) in [6.07, 6.45) is 0.866. The lowest BCUT2D eigenvalue weighted by Crippen LogP contribution is -2.49. The average Bonchev–Trinajstić information content (AvgIpc) is 3.26. The standard InChI is InChI=1S/C23H19Cl2N5O4S/c24-13-5-6-15-17(9-13)28-29-20(15)22(32)30-11-14(35(33,34)19-4-2-1-3-16(19)25)10-18(30)21(31)27-23(12-26)7-8-23/h1-6,9,14,18H,7-8,10-11H2,(H,27,31)(H,28,29)/t14-,18+/m1/s1. The van der Waals surface area contributed by atoms with E-state index < -0.39 is 38.5 Å². The number of aromatic amines is 1. The zero-order valence-corrected chi connectivity index (χ0v) is 20.5. The molecule has 9 nitrogen and oxygen atoms in total. The third-order valence-corrected chi connectivity index (χ3v) is 9.33. The Balaban J connectivity index is 1.51. The Labute approximate surface area is 210 Å². The van der Waals surface area contributed by atoms with Gasteiger partial charge in [0.05, 0.1) is 26.8 Å². The van der Waals surface area contributed by atoms with Gasteiger partial charge in [-0.1, -0.05) is 35.3 Å². The number of nitrogens with one attached hydrogen (secondary N) is 2. The second-order valence-corrected chi connectivity index (χ2v) is 11.8. The minimum atomic E-state index is -3.97. The topological polar surface area (TPSA) is 136 Å². The van der Waals surface area contributed by atoms with Crippen LogP contribution < -0.4 is 5.32 Å². The molecule has 2 aliphatic rings. The number of fused-ring (bicyclic) bond motifs is 1. The molecule has 0 spiro atoms. The van der Waals surface area contributed by atoms with Gasteiger partial charge in [0.15, 0.2) is 15.5 Å². The maximum absolute atomic E-state index is 13.6. The lowest BCUT2D eigenvalue weighted by molar-refractivity contribution is -0.125. The molecule has 2 atom stereocenters. The number of benzene rings is 2. The third-order valence-electron chi connectivity index (χ3n) is 6.46. The summed E-state index contributed by atoms with van der Waals surface area (Å²) in [4.78, 5) is 28.0. The van der Waals surface area contributed by atoms with Gasteiger partial charge in [0, 0.05) is 17.0 Å². The van der Waals surface area contributed by atoms with Crippen molar-refractivity contribution >= 4 is 55.8 Å². The molecule has 3 aromatic rings. The molecule has 1 saturated heterocycles. The van der Waals surface area contributed by atoms with Crippen molar-refractivity contribution in [2.45, 2.75) is 41.0 Å². The maximum atomic E-state index is 13.6.